The van der Waals surface area contributed by atoms with E-state index >= 15 is 0 Å². The molecule has 0 aliphatic carbocycles. The molecule has 1 atom stereocenters. The zero-order chi connectivity index (χ0) is 16.4. The van der Waals surface area contributed by atoms with E-state index in [1.807, 2.05) is 0 Å². The average molecular weight is 326 g/mol. The van der Waals surface area contributed by atoms with Gasteiger partial charge in [0.2, 0.25) is 5.91 Å². The molecule has 9 heteroatoms. The van der Waals surface area contributed by atoms with Crippen molar-refractivity contribution in [2.24, 2.45) is 7.05 Å². The molecule has 1 N–H and O–H groups in total. The van der Waals surface area contributed by atoms with Gasteiger partial charge < -0.3 is 10.1 Å². The molecule has 2 aromatic rings. The third kappa shape index (κ3) is 2.96. The van der Waals surface area contributed by atoms with Crippen molar-refractivity contribution >= 4 is 29.2 Å². The fourth-order valence-electron chi connectivity index (χ4n) is 1.88. The first-order valence-corrected chi connectivity index (χ1v) is 6.85. The number of ether oxygens (including phenoxy) is 1. The molecule has 2 heterocycles. The summed E-state index contributed by atoms with van der Waals surface area (Å²) in [7, 11) is 2.85. The molecule has 0 radical (unpaired) electrons. The van der Waals surface area contributed by atoms with Crippen molar-refractivity contribution in [2.45, 2.75) is 19.9 Å². The number of hydrogen-bond donors (Lipinski definition) is 1. The maximum absolute atomic E-state index is 12.3. The van der Waals surface area contributed by atoms with Crippen LogP contribution in [0.25, 0.3) is 0 Å². The van der Waals surface area contributed by atoms with E-state index in [0.717, 1.165) is 0 Å². The Morgan fingerprint density at radius 3 is 2.68 bits per heavy atom. The minimum Gasteiger partial charge on any atom is -0.464 e. The van der Waals surface area contributed by atoms with Crippen molar-refractivity contribution in [2.75, 3.05) is 12.4 Å². The van der Waals surface area contributed by atoms with Gasteiger partial charge in [0.1, 0.15) is 6.04 Å². The molecular formula is C13H16ClN5O3. The molecule has 0 aliphatic heterocycles. The Morgan fingerprint density at radius 1 is 1.45 bits per heavy atom. The van der Waals surface area contributed by atoms with Gasteiger partial charge >= 0.3 is 5.97 Å². The summed E-state index contributed by atoms with van der Waals surface area (Å²) in [6, 6.07) is -0.600. The second kappa shape index (κ2) is 6.18. The molecule has 0 spiro atoms. The monoisotopic (exact) mass is 325 g/mol. The van der Waals surface area contributed by atoms with Gasteiger partial charge in [0.25, 0.3) is 0 Å². The number of carbonyl (C=O) groups is 2. The van der Waals surface area contributed by atoms with E-state index in [9.17, 15) is 9.59 Å². The number of halogens is 1. The van der Waals surface area contributed by atoms with E-state index in [0.29, 0.717) is 10.7 Å². The third-order valence-corrected chi connectivity index (χ3v) is 3.58. The van der Waals surface area contributed by atoms with Gasteiger partial charge in [-0.1, -0.05) is 11.6 Å². The van der Waals surface area contributed by atoms with E-state index in [1.165, 1.54) is 22.7 Å². The summed E-state index contributed by atoms with van der Waals surface area (Å²) >= 11 is 5.94. The lowest BCUT2D eigenvalue weighted by Crippen LogP contribution is -2.25. The minimum atomic E-state index is -0.600. The molecule has 1 unspecified atom stereocenters. The molecule has 2 rings (SSSR count). The van der Waals surface area contributed by atoms with Gasteiger partial charge in [0.15, 0.2) is 5.69 Å². The number of anilines is 1. The normalized spacial score (nSPS) is 12.0. The fraction of sp³-hybridized carbons (Fsp3) is 0.385. The molecule has 0 aliphatic rings. The van der Waals surface area contributed by atoms with Crippen molar-refractivity contribution in [1.82, 2.24) is 19.6 Å². The molecule has 118 valence electrons. The molecular weight excluding hydrogens is 310 g/mol. The van der Waals surface area contributed by atoms with Crippen LogP contribution in [-0.2, 0) is 16.6 Å². The van der Waals surface area contributed by atoms with Crippen molar-refractivity contribution < 1.29 is 14.3 Å². The van der Waals surface area contributed by atoms with Gasteiger partial charge in [-0.3, -0.25) is 14.2 Å². The van der Waals surface area contributed by atoms with Gasteiger partial charge in [0, 0.05) is 13.2 Å². The highest BCUT2D eigenvalue weighted by Gasteiger charge is 2.23. The number of nitrogens with one attached hydrogen (secondary N) is 1. The van der Waals surface area contributed by atoms with Crippen LogP contribution in [0.5, 0.6) is 0 Å². The van der Waals surface area contributed by atoms with Crippen LogP contribution in [0.3, 0.4) is 0 Å². The molecule has 22 heavy (non-hydrogen) atoms. The Bertz CT molecular complexity index is 702. The van der Waals surface area contributed by atoms with E-state index < -0.39 is 12.0 Å². The van der Waals surface area contributed by atoms with E-state index in [1.54, 1.807) is 27.1 Å². The third-order valence-electron chi connectivity index (χ3n) is 3.21. The molecule has 0 aromatic carbocycles. The standard InChI is InChI=1S/C13H16ClN5O3/c1-7-9(14)6-19(17-7)8(2)12(20)16-10-5-15-18(3)11(10)13(21)22-4/h5-6,8H,1-4H3,(H,16,20). The highest BCUT2D eigenvalue weighted by Crippen LogP contribution is 2.19. The van der Waals surface area contributed by atoms with Crippen LogP contribution < -0.4 is 5.32 Å². The van der Waals surface area contributed by atoms with Crippen molar-refractivity contribution in [1.29, 1.82) is 0 Å². The average Bonchev–Trinajstić information content (AvgIpc) is 3.01. The van der Waals surface area contributed by atoms with Crippen molar-refractivity contribution in [3.63, 3.8) is 0 Å². The maximum atomic E-state index is 12.3. The fourth-order valence-corrected chi connectivity index (χ4v) is 2.02. The summed E-state index contributed by atoms with van der Waals surface area (Å²) in [6.45, 7) is 3.42. The number of aryl methyl sites for hydroxylation is 2. The Kier molecular flexibility index (Phi) is 4.51. The SMILES string of the molecule is COC(=O)c1c(NC(=O)C(C)n2cc(Cl)c(C)n2)cnn1C. The van der Waals surface area contributed by atoms with Crippen LogP contribution in [0.2, 0.25) is 5.02 Å². The minimum absolute atomic E-state index is 0.165. The Morgan fingerprint density at radius 2 is 2.14 bits per heavy atom. The summed E-state index contributed by atoms with van der Waals surface area (Å²) in [4.78, 5) is 24.0. The van der Waals surface area contributed by atoms with Gasteiger partial charge in [-0.15, -0.1) is 0 Å². The second-order valence-corrected chi connectivity index (χ2v) is 5.14. The van der Waals surface area contributed by atoms with Crippen LogP contribution in [0, 0.1) is 6.92 Å². The van der Waals surface area contributed by atoms with E-state index in [4.69, 9.17) is 11.6 Å². The molecule has 0 saturated heterocycles. The van der Waals surface area contributed by atoms with E-state index in [2.05, 4.69) is 20.3 Å². The zero-order valence-corrected chi connectivity index (χ0v) is 13.4. The number of rotatable bonds is 4. The number of esters is 1. The first-order valence-electron chi connectivity index (χ1n) is 6.47. The largest absolute Gasteiger partial charge is 0.464 e. The smallest absolute Gasteiger partial charge is 0.358 e. The molecule has 2 aromatic heterocycles. The van der Waals surface area contributed by atoms with Crippen LogP contribution in [0.4, 0.5) is 5.69 Å². The van der Waals surface area contributed by atoms with Crippen molar-refractivity contribution in [3.8, 4) is 0 Å². The van der Waals surface area contributed by atoms with Crippen LogP contribution >= 0.6 is 11.6 Å². The van der Waals surface area contributed by atoms with Crippen molar-refractivity contribution in [3.05, 3.63) is 28.8 Å². The number of nitrogens with zero attached hydrogens (tertiary/aromatic N) is 4. The number of carbonyl (C=O) groups excluding carboxylic acids is 2. The summed E-state index contributed by atoms with van der Waals surface area (Å²) < 4.78 is 7.47. The topological polar surface area (TPSA) is 91.0 Å². The molecule has 0 saturated carbocycles. The van der Waals surface area contributed by atoms with Crippen LogP contribution in [-0.4, -0.2) is 38.5 Å². The Hall–Kier alpha value is -2.35. The molecule has 0 fully saturated rings. The number of methoxy groups -OCH3 is 1. The lowest BCUT2D eigenvalue weighted by molar-refractivity contribution is -0.119. The Labute approximate surface area is 132 Å². The summed E-state index contributed by atoms with van der Waals surface area (Å²) in [5, 5.41) is 11.2. The summed E-state index contributed by atoms with van der Waals surface area (Å²) in [5.74, 6) is -0.932. The lowest BCUT2D eigenvalue weighted by atomic mass is 10.3. The Balaban J connectivity index is 2.20. The first-order chi connectivity index (χ1) is 10.3. The lowest BCUT2D eigenvalue weighted by Gasteiger charge is -2.12. The summed E-state index contributed by atoms with van der Waals surface area (Å²) in [6.07, 6.45) is 2.96. The van der Waals surface area contributed by atoms with Crippen LogP contribution in [0.15, 0.2) is 12.4 Å². The highest BCUT2D eigenvalue weighted by molar-refractivity contribution is 6.31. The van der Waals surface area contributed by atoms with E-state index in [-0.39, 0.29) is 17.3 Å². The molecule has 8 nitrogen and oxygen atoms in total. The second-order valence-electron chi connectivity index (χ2n) is 4.73. The molecule has 1 amide bonds. The summed E-state index contributed by atoms with van der Waals surface area (Å²) in [5.41, 5.74) is 1.08. The van der Waals surface area contributed by atoms with Crippen LogP contribution in [0.1, 0.15) is 29.1 Å². The predicted molar refractivity (Wildman–Crippen MR) is 79.9 cm³/mol. The number of hydrogen-bond acceptors (Lipinski definition) is 5. The quantitative estimate of drug-likeness (QED) is 0.861. The first kappa shape index (κ1) is 16.0. The van der Waals surface area contributed by atoms with Gasteiger partial charge in [-0.2, -0.15) is 10.2 Å². The highest BCUT2D eigenvalue weighted by atomic mass is 35.5. The zero-order valence-electron chi connectivity index (χ0n) is 12.6. The number of amides is 1. The maximum Gasteiger partial charge on any atom is 0.358 e. The van der Waals surface area contributed by atoms with Gasteiger partial charge in [-0.05, 0) is 13.8 Å². The molecule has 0 bridgehead atoms. The van der Waals surface area contributed by atoms with Gasteiger partial charge in [-0.25, -0.2) is 4.79 Å². The number of aromatic nitrogens is 4. The predicted octanol–water partition coefficient (Wildman–Crippen LogP) is 1.56. The van der Waals surface area contributed by atoms with Gasteiger partial charge in [0.05, 0.1) is 29.7 Å².